The van der Waals surface area contributed by atoms with E-state index in [1.165, 1.54) is 24.3 Å². The lowest BCUT2D eigenvalue weighted by Gasteiger charge is -2.12. The van der Waals surface area contributed by atoms with Gasteiger partial charge in [0, 0.05) is 14.7 Å². The van der Waals surface area contributed by atoms with E-state index in [9.17, 15) is 20.0 Å². The van der Waals surface area contributed by atoms with E-state index < -0.39 is 10.9 Å². The largest absolute Gasteiger partial charge is 0.478 e. The zero-order valence-electron chi connectivity index (χ0n) is 10.3. The van der Waals surface area contributed by atoms with Crippen molar-refractivity contribution in [2.75, 3.05) is 5.32 Å². The lowest BCUT2D eigenvalue weighted by molar-refractivity contribution is -0.383. The summed E-state index contributed by atoms with van der Waals surface area (Å²) in [7, 11) is 0. The third-order valence-electron chi connectivity index (χ3n) is 2.66. The molecule has 6 nitrogen and oxygen atoms in total. The number of carbonyl (C=O) groups is 1. The maximum Gasteiger partial charge on any atom is 0.337 e. The first-order chi connectivity index (χ1) is 9.90. The molecule has 2 rings (SSSR count). The summed E-state index contributed by atoms with van der Waals surface area (Å²) in [4.78, 5) is 21.7. The summed E-state index contributed by atoms with van der Waals surface area (Å²) in [6.45, 7) is 0. The Morgan fingerprint density at radius 1 is 1.33 bits per heavy atom. The average molecular weight is 419 g/mol. The van der Waals surface area contributed by atoms with Gasteiger partial charge in [-0.3, -0.25) is 10.1 Å². The molecule has 0 amide bonds. The van der Waals surface area contributed by atoms with Crippen LogP contribution in [0.2, 0.25) is 5.02 Å². The molecular weight excluding hydrogens is 411 g/mol. The summed E-state index contributed by atoms with van der Waals surface area (Å²) in [6, 6.07) is 8.88. The number of nitro benzene ring substituents is 1. The quantitative estimate of drug-likeness (QED) is 0.439. The van der Waals surface area contributed by atoms with Crippen LogP contribution in [0.3, 0.4) is 0 Å². The second kappa shape index (κ2) is 6.27. The van der Waals surface area contributed by atoms with E-state index in [-0.39, 0.29) is 22.0 Å². The van der Waals surface area contributed by atoms with Gasteiger partial charge < -0.3 is 10.4 Å². The lowest BCUT2D eigenvalue weighted by Crippen LogP contribution is -2.05. The van der Waals surface area contributed by atoms with Crippen LogP contribution < -0.4 is 5.32 Å². The van der Waals surface area contributed by atoms with E-state index in [1.807, 2.05) is 22.6 Å². The molecule has 0 fully saturated rings. The van der Waals surface area contributed by atoms with Gasteiger partial charge in [0.15, 0.2) is 0 Å². The minimum absolute atomic E-state index is 0.0335. The Morgan fingerprint density at radius 2 is 2.05 bits per heavy atom. The Labute approximate surface area is 138 Å². The number of benzene rings is 2. The van der Waals surface area contributed by atoms with Crippen LogP contribution >= 0.6 is 34.2 Å². The standard InChI is InChI=1S/C13H8ClIN2O4/c14-7-4-5-10(11(6-7)17(20)21)16-12-8(13(18)19)2-1-3-9(12)15/h1-6,16H,(H,18,19). The number of anilines is 2. The molecule has 2 aromatic carbocycles. The predicted octanol–water partition coefficient (Wildman–Crippen LogP) is 4.29. The van der Waals surface area contributed by atoms with Crippen molar-refractivity contribution >= 4 is 57.2 Å². The van der Waals surface area contributed by atoms with E-state index in [2.05, 4.69) is 5.32 Å². The fraction of sp³-hybridized carbons (Fsp3) is 0. The Kier molecular flexibility index (Phi) is 4.63. The molecule has 0 atom stereocenters. The first kappa shape index (κ1) is 15.5. The molecule has 0 heterocycles. The first-order valence-electron chi connectivity index (χ1n) is 5.63. The van der Waals surface area contributed by atoms with Crippen LogP contribution in [0.5, 0.6) is 0 Å². The third-order valence-corrected chi connectivity index (χ3v) is 3.79. The highest BCUT2D eigenvalue weighted by Gasteiger charge is 2.18. The minimum atomic E-state index is -1.12. The smallest absolute Gasteiger partial charge is 0.337 e. The van der Waals surface area contributed by atoms with Crippen molar-refractivity contribution in [2.24, 2.45) is 0 Å². The number of hydrogen-bond donors (Lipinski definition) is 2. The zero-order chi connectivity index (χ0) is 15.6. The van der Waals surface area contributed by atoms with Crippen LogP contribution in [0, 0.1) is 13.7 Å². The van der Waals surface area contributed by atoms with Crippen LogP contribution in [0.1, 0.15) is 10.4 Å². The Hall–Kier alpha value is -1.87. The highest BCUT2D eigenvalue weighted by atomic mass is 127. The number of rotatable bonds is 4. The van der Waals surface area contributed by atoms with Gasteiger partial charge in [0.05, 0.1) is 16.2 Å². The Morgan fingerprint density at radius 3 is 2.67 bits per heavy atom. The normalized spacial score (nSPS) is 10.2. The van der Waals surface area contributed by atoms with Gasteiger partial charge in [0.25, 0.3) is 5.69 Å². The van der Waals surface area contributed by atoms with Crippen LogP contribution in [-0.4, -0.2) is 16.0 Å². The second-order valence-electron chi connectivity index (χ2n) is 4.01. The van der Waals surface area contributed by atoms with E-state index in [0.717, 1.165) is 0 Å². The summed E-state index contributed by atoms with van der Waals surface area (Å²) in [5.41, 5.74) is 0.289. The van der Waals surface area contributed by atoms with Crippen LogP contribution in [0.25, 0.3) is 0 Å². The molecule has 0 unspecified atom stereocenters. The van der Waals surface area contributed by atoms with Gasteiger partial charge in [-0.2, -0.15) is 0 Å². The number of hydrogen-bond acceptors (Lipinski definition) is 4. The van der Waals surface area contributed by atoms with E-state index in [4.69, 9.17) is 11.6 Å². The minimum Gasteiger partial charge on any atom is -0.478 e. The molecular formula is C13H8ClIN2O4. The number of nitro groups is 1. The van der Waals surface area contributed by atoms with Crippen LogP contribution in [-0.2, 0) is 0 Å². The molecule has 8 heteroatoms. The van der Waals surface area contributed by atoms with Crippen LogP contribution in [0.4, 0.5) is 17.1 Å². The van der Waals surface area contributed by atoms with Gasteiger partial charge in [-0.1, -0.05) is 17.7 Å². The molecule has 0 bridgehead atoms. The average Bonchev–Trinajstić information content (AvgIpc) is 2.42. The van der Waals surface area contributed by atoms with Gasteiger partial charge in [-0.25, -0.2) is 4.79 Å². The van der Waals surface area contributed by atoms with Crippen LogP contribution in [0.15, 0.2) is 36.4 Å². The van der Waals surface area contributed by atoms with Gasteiger partial charge in [0.1, 0.15) is 5.69 Å². The second-order valence-corrected chi connectivity index (χ2v) is 5.61. The van der Waals surface area contributed by atoms with Gasteiger partial charge in [-0.05, 0) is 46.9 Å². The fourth-order valence-electron chi connectivity index (χ4n) is 1.73. The molecule has 0 aliphatic carbocycles. The van der Waals surface area contributed by atoms with Gasteiger partial charge >= 0.3 is 5.97 Å². The number of carboxylic acids is 1. The molecule has 0 saturated carbocycles. The van der Waals surface area contributed by atoms with Gasteiger partial charge in [-0.15, -0.1) is 0 Å². The summed E-state index contributed by atoms with van der Waals surface area (Å²) >= 11 is 7.71. The third kappa shape index (κ3) is 3.42. The van der Waals surface area contributed by atoms with Gasteiger partial charge in [0.2, 0.25) is 0 Å². The molecule has 0 aromatic heterocycles. The van der Waals surface area contributed by atoms with Crippen molar-refractivity contribution < 1.29 is 14.8 Å². The van der Waals surface area contributed by atoms with Crippen molar-refractivity contribution in [1.29, 1.82) is 0 Å². The molecule has 2 N–H and O–H groups in total. The molecule has 0 radical (unpaired) electrons. The van der Waals surface area contributed by atoms with E-state index in [1.54, 1.807) is 12.1 Å². The van der Waals surface area contributed by atoms with Crippen molar-refractivity contribution in [3.8, 4) is 0 Å². The maximum atomic E-state index is 11.2. The number of para-hydroxylation sites is 1. The fourth-order valence-corrected chi connectivity index (χ4v) is 2.52. The highest BCUT2D eigenvalue weighted by Crippen LogP contribution is 2.33. The Bertz CT molecular complexity index is 736. The molecule has 0 aliphatic rings. The number of halogens is 2. The van der Waals surface area contributed by atoms with Crippen molar-refractivity contribution in [2.45, 2.75) is 0 Å². The SMILES string of the molecule is O=C(O)c1cccc(I)c1Nc1ccc(Cl)cc1[N+](=O)[O-]. The maximum absolute atomic E-state index is 11.2. The Balaban J connectivity index is 2.53. The molecule has 108 valence electrons. The predicted molar refractivity (Wildman–Crippen MR) is 87.5 cm³/mol. The molecule has 0 saturated heterocycles. The molecule has 21 heavy (non-hydrogen) atoms. The topological polar surface area (TPSA) is 92.5 Å². The zero-order valence-corrected chi connectivity index (χ0v) is 13.3. The molecule has 0 spiro atoms. The number of nitrogens with one attached hydrogen (secondary N) is 1. The number of aromatic carboxylic acids is 1. The number of nitrogens with zero attached hydrogens (tertiary/aromatic N) is 1. The number of carboxylic acid groups (broad SMARTS) is 1. The molecule has 2 aromatic rings. The highest BCUT2D eigenvalue weighted by molar-refractivity contribution is 14.1. The van der Waals surface area contributed by atoms with Crippen molar-refractivity contribution in [1.82, 2.24) is 0 Å². The van der Waals surface area contributed by atoms with E-state index in [0.29, 0.717) is 9.26 Å². The monoisotopic (exact) mass is 418 g/mol. The van der Waals surface area contributed by atoms with E-state index >= 15 is 0 Å². The lowest BCUT2D eigenvalue weighted by atomic mass is 10.1. The summed E-state index contributed by atoms with van der Waals surface area (Å²) < 4.78 is 0.636. The summed E-state index contributed by atoms with van der Waals surface area (Å²) in [6.07, 6.45) is 0. The van der Waals surface area contributed by atoms with Crippen molar-refractivity contribution in [3.63, 3.8) is 0 Å². The molecule has 0 aliphatic heterocycles. The summed E-state index contributed by atoms with van der Waals surface area (Å²) in [5.74, 6) is -1.12. The summed E-state index contributed by atoms with van der Waals surface area (Å²) in [5, 5.41) is 23.3. The first-order valence-corrected chi connectivity index (χ1v) is 7.08. The van der Waals surface area contributed by atoms with Crippen molar-refractivity contribution in [3.05, 3.63) is 60.7 Å².